The molecule has 10 heteroatoms. The summed E-state index contributed by atoms with van der Waals surface area (Å²) in [5.74, 6) is 0.506. The van der Waals surface area contributed by atoms with E-state index in [4.69, 9.17) is 9.72 Å². The number of hydrogen-bond donors (Lipinski definition) is 1. The van der Waals surface area contributed by atoms with Gasteiger partial charge < -0.3 is 10.1 Å². The van der Waals surface area contributed by atoms with Crippen LogP contribution in [0.5, 0.6) is 0 Å². The van der Waals surface area contributed by atoms with Crippen LogP contribution in [0, 0.1) is 11.8 Å². The van der Waals surface area contributed by atoms with E-state index in [0.29, 0.717) is 32.9 Å². The molecule has 40 heavy (non-hydrogen) atoms. The lowest BCUT2D eigenvalue weighted by Gasteiger charge is -2.18. The third kappa shape index (κ3) is 5.01. The van der Waals surface area contributed by atoms with E-state index in [-0.39, 0.29) is 17.2 Å². The zero-order valence-electron chi connectivity index (χ0n) is 22.7. The minimum absolute atomic E-state index is 0.0481. The molecule has 0 saturated heterocycles. The Morgan fingerprint density at radius 2 is 1.73 bits per heavy atom. The van der Waals surface area contributed by atoms with Gasteiger partial charge >= 0.3 is 5.97 Å². The monoisotopic (exact) mass is 593 g/mol. The molecule has 0 unspecified atom stereocenters. The van der Waals surface area contributed by atoms with E-state index >= 15 is 0 Å². The van der Waals surface area contributed by atoms with Crippen molar-refractivity contribution in [2.24, 2.45) is 11.8 Å². The van der Waals surface area contributed by atoms with E-state index < -0.39 is 5.97 Å². The maximum Gasteiger partial charge on any atom is 0.341 e. The minimum atomic E-state index is -0.420. The van der Waals surface area contributed by atoms with Crippen LogP contribution in [0.25, 0.3) is 15.9 Å². The molecule has 7 nitrogen and oxygen atoms in total. The zero-order chi connectivity index (χ0) is 28.0. The molecule has 2 aliphatic rings. The number of nitrogens with one attached hydrogen (secondary N) is 1. The summed E-state index contributed by atoms with van der Waals surface area (Å²) in [6.45, 7) is 4.45. The molecule has 2 aliphatic carbocycles. The summed E-state index contributed by atoms with van der Waals surface area (Å²) in [7, 11) is 1.37. The molecule has 0 aliphatic heterocycles. The quantitative estimate of drug-likeness (QED) is 0.161. The highest BCUT2D eigenvalue weighted by atomic mass is 32.2. The molecule has 0 fully saturated rings. The number of thiophene rings is 2. The largest absolute Gasteiger partial charge is 0.465 e. The SMILES string of the molecule is COC(=O)c1c(NC(=O)CSc2nc3sc4c(c3c(=O)n2-c2ccccc2)CC[C@H](C)C4)sc2c1CC[C@@H](C)C2. The van der Waals surface area contributed by atoms with Gasteiger partial charge in [-0.1, -0.05) is 43.8 Å². The maximum absolute atomic E-state index is 14.0. The van der Waals surface area contributed by atoms with Crippen LogP contribution in [0.1, 0.15) is 57.9 Å². The number of esters is 1. The first-order valence-electron chi connectivity index (χ1n) is 13.6. The van der Waals surface area contributed by atoms with E-state index in [1.165, 1.54) is 35.1 Å². The number of amides is 1. The van der Waals surface area contributed by atoms with Crippen LogP contribution in [-0.4, -0.2) is 34.3 Å². The van der Waals surface area contributed by atoms with Gasteiger partial charge in [-0.15, -0.1) is 22.7 Å². The molecule has 2 atom stereocenters. The first-order chi connectivity index (χ1) is 19.3. The van der Waals surface area contributed by atoms with Gasteiger partial charge in [0.2, 0.25) is 5.91 Å². The van der Waals surface area contributed by atoms with E-state index in [1.807, 2.05) is 30.3 Å². The number of methoxy groups -OCH3 is 1. The number of fused-ring (bicyclic) bond motifs is 4. The topological polar surface area (TPSA) is 90.3 Å². The third-order valence-electron chi connectivity index (χ3n) is 7.80. The normalized spacial score (nSPS) is 18.3. The van der Waals surface area contributed by atoms with Gasteiger partial charge in [-0.25, -0.2) is 9.78 Å². The number of aromatic nitrogens is 2. The second kappa shape index (κ2) is 11.1. The van der Waals surface area contributed by atoms with Crippen molar-refractivity contribution < 1.29 is 14.3 Å². The predicted octanol–water partition coefficient (Wildman–Crippen LogP) is 6.28. The Bertz CT molecular complexity index is 1670. The van der Waals surface area contributed by atoms with Gasteiger partial charge in [-0.3, -0.25) is 14.2 Å². The van der Waals surface area contributed by atoms with Crippen molar-refractivity contribution in [2.75, 3.05) is 18.2 Å². The number of nitrogens with zero attached hydrogens (tertiary/aromatic N) is 2. The number of carbonyl (C=O) groups excluding carboxylic acids is 2. The zero-order valence-corrected chi connectivity index (χ0v) is 25.2. The first kappa shape index (κ1) is 27.2. The Labute approximate surface area is 245 Å². The summed E-state index contributed by atoms with van der Waals surface area (Å²) >= 11 is 4.31. The number of thioether (sulfide) groups is 1. The number of carbonyl (C=O) groups is 2. The van der Waals surface area contributed by atoms with E-state index in [1.54, 1.807) is 15.9 Å². The lowest BCUT2D eigenvalue weighted by molar-refractivity contribution is -0.113. The number of anilines is 1. The number of rotatable bonds is 6. The number of benzene rings is 1. The number of hydrogen-bond acceptors (Lipinski definition) is 8. The molecule has 0 saturated carbocycles. The third-order valence-corrected chi connectivity index (χ3v) is 11.1. The summed E-state index contributed by atoms with van der Waals surface area (Å²) in [4.78, 5) is 47.9. The fraction of sp³-hybridized carbons (Fsp3) is 0.400. The molecule has 0 spiro atoms. The Kier molecular flexibility index (Phi) is 7.58. The standard InChI is InChI=1S/C30H31N3O4S3/c1-16-9-11-19-21(13-16)39-26-24(19)28(35)33(18-7-5-4-6-8-18)30(32-26)38-15-23(34)31-27-25(29(36)37-3)20-12-10-17(2)14-22(20)40-27/h4-8,16-17H,9-15H2,1-3H3,(H,31,34)/t16-,17+/m0/s1. The molecule has 4 aromatic rings. The molecular formula is C30H31N3O4S3. The van der Waals surface area contributed by atoms with Crippen LogP contribution in [-0.2, 0) is 35.2 Å². The Morgan fingerprint density at radius 3 is 2.42 bits per heavy atom. The summed E-state index contributed by atoms with van der Waals surface area (Å²) in [5, 5.41) is 4.71. The average molecular weight is 594 g/mol. The van der Waals surface area contributed by atoms with Crippen molar-refractivity contribution in [3.8, 4) is 5.69 Å². The van der Waals surface area contributed by atoms with Crippen molar-refractivity contribution in [3.05, 3.63) is 67.1 Å². The predicted molar refractivity (Wildman–Crippen MR) is 163 cm³/mol. The fourth-order valence-corrected chi connectivity index (χ4v) is 9.37. The number of aryl methyl sites for hydroxylation is 1. The van der Waals surface area contributed by atoms with E-state index in [0.717, 1.165) is 65.0 Å². The summed E-state index contributed by atoms with van der Waals surface area (Å²) in [5.41, 5.74) is 3.26. The van der Waals surface area contributed by atoms with Gasteiger partial charge in [-0.05, 0) is 73.6 Å². The second-order valence-corrected chi connectivity index (χ2v) is 13.9. The smallest absolute Gasteiger partial charge is 0.341 e. The van der Waals surface area contributed by atoms with Gasteiger partial charge in [0.15, 0.2) is 5.16 Å². The van der Waals surface area contributed by atoms with Gasteiger partial charge in [0, 0.05) is 9.75 Å². The Balaban J connectivity index is 1.32. The lowest BCUT2D eigenvalue weighted by atomic mass is 9.88. The molecule has 1 N–H and O–H groups in total. The molecule has 1 aromatic carbocycles. The molecule has 3 aromatic heterocycles. The van der Waals surface area contributed by atoms with Crippen molar-refractivity contribution in [3.63, 3.8) is 0 Å². The average Bonchev–Trinajstić information content (AvgIpc) is 3.48. The maximum atomic E-state index is 14.0. The Hall–Kier alpha value is -2.95. The highest BCUT2D eigenvalue weighted by Gasteiger charge is 2.29. The molecule has 0 radical (unpaired) electrons. The Morgan fingerprint density at radius 1 is 1.05 bits per heavy atom. The molecule has 0 bridgehead atoms. The van der Waals surface area contributed by atoms with Crippen LogP contribution in [0.3, 0.4) is 0 Å². The highest BCUT2D eigenvalue weighted by molar-refractivity contribution is 7.99. The highest BCUT2D eigenvalue weighted by Crippen LogP contribution is 2.40. The molecule has 3 heterocycles. The van der Waals surface area contributed by atoms with E-state index in [2.05, 4.69) is 19.2 Å². The van der Waals surface area contributed by atoms with Gasteiger partial charge in [-0.2, -0.15) is 0 Å². The van der Waals surface area contributed by atoms with Gasteiger partial charge in [0.05, 0.1) is 29.5 Å². The van der Waals surface area contributed by atoms with Crippen LogP contribution < -0.4 is 10.9 Å². The van der Waals surface area contributed by atoms with Gasteiger partial charge in [0.1, 0.15) is 9.83 Å². The number of para-hydroxylation sites is 1. The molecular weight excluding hydrogens is 563 g/mol. The van der Waals surface area contributed by atoms with Crippen molar-refractivity contribution in [1.29, 1.82) is 0 Å². The molecule has 6 rings (SSSR count). The second-order valence-electron chi connectivity index (χ2n) is 10.8. The minimum Gasteiger partial charge on any atom is -0.465 e. The first-order valence-corrected chi connectivity index (χ1v) is 16.2. The van der Waals surface area contributed by atoms with Crippen molar-refractivity contribution in [1.82, 2.24) is 9.55 Å². The van der Waals surface area contributed by atoms with Crippen LogP contribution in [0.4, 0.5) is 5.00 Å². The fourth-order valence-electron chi connectivity index (χ4n) is 5.72. The summed E-state index contributed by atoms with van der Waals surface area (Å²) < 4.78 is 6.70. The van der Waals surface area contributed by atoms with Crippen molar-refractivity contribution >= 4 is 61.5 Å². The molecule has 208 valence electrons. The summed E-state index contributed by atoms with van der Waals surface area (Å²) in [6, 6.07) is 9.48. The van der Waals surface area contributed by atoms with Crippen LogP contribution in [0.15, 0.2) is 40.3 Å². The lowest BCUT2D eigenvalue weighted by Crippen LogP contribution is -2.23. The van der Waals surface area contributed by atoms with Gasteiger partial charge in [0.25, 0.3) is 5.56 Å². The number of ether oxygens (including phenoxy) is 1. The van der Waals surface area contributed by atoms with Crippen LogP contribution in [0.2, 0.25) is 0 Å². The van der Waals surface area contributed by atoms with Crippen LogP contribution >= 0.6 is 34.4 Å². The molecule has 1 amide bonds. The van der Waals surface area contributed by atoms with E-state index in [9.17, 15) is 14.4 Å². The summed E-state index contributed by atoms with van der Waals surface area (Å²) in [6.07, 6.45) is 5.64. The van der Waals surface area contributed by atoms with Crippen molar-refractivity contribution in [2.45, 2.75) is 57.5 Å².